The maximum absolute atomic E-state index is 2.40. The maximum Gasteiger partial charge on any atom is -0.0355 e. The van der Waals surface area contributed by atoms with Crippen molar-refractivity contribution >= 4 is 0 Å². The molecule has 0 unspecified atom stereocenters. The van der Waals surface area contributed by atoms with Gasteiger partial charge in [0.15, 0.2) is 0 Å². The van der Waals surface area contributed by atoms with Crippen LogP contribution in [0.15, 0.2) is 0 Å². The fraction of sp³-hybridized carbons (Fsp3) is 1.00. The second-order valence-electron chi connectivity index (χ2n) is 3.12. The molecule has 0 saturated heterocycles. The molecule has 0 aromatic rings. The quantitative estimate of drug-likeness (QED) is 0.433. The smallest absolute Gasteiger partial charge is 0.0355 e. The Kier molecular flexibility index (Phi) is 0.586. The second kappa shape index (κ2) is 1.04. The maximum atomic E-state index is 2.40. The summed E-state index contributed by atoms with van der Waals surface area (Å²) in [5, 5.41) is 0. The van der Waals surface area contributed by atoms with E-state index >= 15 is 0 Å². The second-order valence-corrected chi connectivity index (χ2v) is 3.12. The predicted octanol–water partition coefficient (Wildman–Crippen LogP) is 2.05. The molecule has 0 spiro atoms. The summed E-state index contributed by atoms with van der Waals surface area (Å²) in [6.45, 7) is 2.40. The van der Waals surface area contributed by atoms with E-state index < -0.39 is 0 Å². The third-order valence-corrected chi connectivity index (χ3v) is 2.83. The minimum absolute atomic E-state index is 1.12. The Morgan fingerprint density at radius 3 is 2.00 bits per heavy atom. The molecule has 40 valence electrons. The topological polar surface area (TPSA) is 0 Å². The molecule has 2 saturated carbocycles. The average Bonchev–Trinajstić information content (AvgIpc) is 2.26. The largest absolute Gasteiger partial charge is 0.0620 e. The molecule has 2 atom stereocenters. The van der Waals surface area contributed by atoms with Crippen LogP contribution in [0.25, 0.3) is 0 Å². The first kappa shape index (κ1) is 3.94. The molecular weight excluding hydrogens is 84.1 g/mol. The number of hydrogen-bond acceptors (Lipinski definition) is 0. The van der Waals surface area contributed by atoms with Gasteiger partial charge < -0.3 is 0 Å². The third kappa shape index (κ3) is 0.375. The standard InChI is InChI=1S/C7H12/c1-5-6-3-2-4-7(5)6/h5-7H,2-4H2,1H3/t6-,7-/m1/s1. The summed E-state index contributed by atoms with van der Waals surface area (Å²) >= 11 is 0. The highest BCUT2D eigenvalue weighted by Crippen LogP contribution is 2.56. The molecular formula is C7H12. The Morgan fingerprint density at radius 1 is 1.14 bits per heavy atom. The van der Waals surface area contributed by atoms with Crippen molar-refractivity contribution in [2.24, 2.45) is 17.8 Å². The molecule has 0 aromatic carbocycles. The first-order chi connectivity index (χ1) is 3.39. The van der Waals surface area contributed by atoms with E-state index in [0.29, 0.717) is 0 Å². The highest BCUT2D eigenvalue weighted by molar-refractivity contribution is 4.98. The number of fused-ring (bicyclic) bond motifs is 1. The molecule has 0 aromatic heterocycles. The van der Waals surface area contributed by atoms with Crippen LogP contribution in [-0.4, -0.2) is 0 Å². The molecule has 0 aliphatic heterocycles. The van der Waals surface area contributed by atoms with E-state index in [1.807, 2.05) is 0 Å². The lowest BCUT2D eigenvalue weighted by Crippen LogP contribution is -1.77. The fourth-order valence-corrected chi connectivity index (χ4v) is 2.18. The van der Waals surface area contributed by atoms with E-state index in [4.69, 9.17) is 0 Å². The van der Waals surface area contributed by atoms with Gasteiger partial charge in [0.1, 0.15) is 0 Å². The van der Waals surface area contributed by atoms with Crippen molar-refractivity contribution in [2.45, 2.75) is 26.2 Å². The molecule has 0 heteroatoms. The molecule has 2 aliphatic carbocycles. The summed E-state index contributed by atoms with van der Waals surface area (Å²) in [6.07, 6.45) is 4.62. The van der Waals surface area contributed by atoms with Crippen LogP contribution in [0.5, 0.6) is 0 Å². The highest BCUT2D eigenvalue weighted by Gasteiger charge is 2.48. The van der Waals surface area contributed by atoms with Gasteiger partial charge in [-0.3, -0.25) is 0 Å². The van der Waals surface area contributed by atoms with Crippen molar-refractivity contribution in [3.05, 3.63) is 0 Å². The van der Waals surface area contributed by atoms with Crippen LogP contribution in [0.3, 0.4) is 0 Å². The highest BCUT2D eigenvalue weighted by atomic mass is 14.5. The zero-order valence-corrected chi connectivity index (χ0v) is 4.85. The van der Waals surface area contributed by atoms with Gasteiger partial charge in [0.25, 0.3) is 0 Å². The van der Waals surface area contributed by atoms with Gasteiger partial charge in [-0.05, 0) is 30.6 Å². The summed E-state index contributed by atoms with van der Waals surface area (Å²) in [4.78, 5) is 0. The summed E-state index contributed by atoms with van der Waals surface area (Å²) in [5.41, 5.74) is 0. The normalized spacial score (nSPS) is 57.0. The van der Waals surface area contributed by atoms with E-state index in [-0.39, 0.29) is 0 Å². The fourth-order valence-electron chi connectivity index (χ4n) is 2.18. The van der Waals surface area contributed by atoms with Crippen LogP contribution in [0.1, 0.15) is 26.2 Å². The summed E-state index contributed by atoms with van der Waals surface area (Å²) in [6, 6.07) is 0. The van der Waals surface area contributed by atoms with Crippen LogP contribution in [0.2, 0.25) is 0 Å². The van der Waals surface area contributed by atoms with E-state index in [1.165, 1.54) is 18.3 Å². The minimum Gasteiger partial charge on any atom is -0.0620 e. The van der Waals surface area contributed by atoms with Crippen LogP contribution in [0, 0.1) is 17.8 Å². The Balaban J connectivity index is 2.06. The van der Waals surface area contributed by atoms with Crippen molar-refractivity contribution < 1.29 is 0 Å². The lowest BCUT2D eigenvalue weighted by molar-refractivity contribution is 0.628. The first-order valence-electron chi connectivity index (χ1n) is 3.39. The average molecular weight is 96.2 g/mol. The van der Waals surface area contributed by atoms with E-state index in [9.17, 15) is 0 Å². The summed E-state index contributed by atoms with van der Waals surface area (Å²) in [5.74, 6) is 3.48. The molecule has 0 amide bonds. The van der Waals surface area contributed by atoms with Crippen molar-refractivity contribution in [3.8, 4) is 0 Å². The molecule has 7 heavy (non-hydrogen) atoms. The van der Waals surface area contributed by atoms with Crippen LogP contribution < -0.4 is 0 Å². The van der Waals surface area contributed by atoms with Crippen molar-refractivity contribution in [1.29, 1.82) is 0 Å². The molecule has 0 N–H and O–H groups in total. The number of rotatable bonds is 0. The molecule has 2 fully saturated rings. The summed E-state index contributed by atoms with van der Waals surface area (Å²) < 4.78 is 0. The summed E-state index contributed by atoms with van der Waals surface area (Å²) in [7, 11) is 0. The van der Waals surface area contributed by atoms with Crippen molar-refractivity contribution in [1.82, 2.24) is 0 Å². The van der Waals surface area contributed by atoms with Gasteiger partial charge in [-0.1, -0.05) is 13.3 Å². The lowest BCUT2D eigenvalue weighted by atomic mass is 10.2. The molecule has 0 bridgehead atoms. The molecule has 0 radical (unpaired) electrons. The van der Waals surface area contributed by atoms with E-state index in [2.05, 4.69) is 6.92 Å². The lowest BCUT2D eigenvalue weighted by Gasteiger charge is -1.89. The molecule has 2 aliphatic rings. The van der Waals surface area contributed by atoms with E-state index in [1.54, 1.807) is 12.8 Å². The van der Waals surface area contributed by atoms with Gasteiger partial charge in [0.2, 0.25) is 0 Å². The van der Waals surface area contributed by atoms with E-state index in [0.717, 1.165) is 5.92 Å². The van der Waals surface area contributed by atoms with Gasteiger partial charge in [0.05, 0.1) is 0 Å². The van der Waals surface area contributed by atoms with Crippen molar-refractivity contribution in [2.75, 3.05) is 0 Å². The Hall–Kier alpha value is 0. The third-order valence-electron chi connectivity index (χ3n) is 2.83. The Bertz CT molecular complexity index is 76.0. The Morgan fingerprint density at radius 2 is 1.71 bits per heavy atom. The molecule has 2 rings (SSSR count). The molecule has 0 nitrogen and oxygen atoms in total. The van der Waals surface area contributed by atoms with Gasteiger partial charge in [-0.15, -0.1) is 0 Å². The SMILES string of the molecule is CC1[C@H]2CCC[C@H]12. The van der Waals surface area contributed by atoms with Crippen LogP contribution >= 0.6 is 0 Å². The predicted molar refractivity (Wildman–Crippen MR) is 30.0 cm³/mol. The minimum atomic E-state index is 1.12. The van der Waals surface area contributed by atoms with Gasteiger partial charge >= 0.3 is 0 Å². The first-order valence-corrected chi connectivity index (χ1v) is 3.39. The van der Waals surface area contributed by atoms with Crippen LogP contribution in [0.4, 0.5) is 0 Å². The van der Waals surface area contributed by atoms with Gasteiger partial charge in [0, 0.05) is 0 Å². The Labute approximate surface area is 44.9 Å². The van der Waals surface area contributed by atoms with Crippen LogP contribution in [-0.2, 0) is 0 Å². The zero-order chi connectivity index (χ0) is 4.85. The number of hydrogen-bond donors (Lipinski definition) is 0. The van der Waals surface area contributed by atoms with Gasteiger partial charge in [-0.2, -0.15) is 0 Å². The zero-order valence-electron chi connectivity index (χ0n) is 4.85. The monoisotopic (exact) mass is 96.1 g/mol. The van der Waals surface area contributed by atoms with Gasteiger partial charge in [-0.25, -0.2) is 0 Å². The van der Waals surface area contributed by atoms with Crippen molar-refractivity contribution in [3.63, 3.8) is 0 Å². The molecule has 0 heterocycles.